The molecule has 1 N–H and O–H groups in total. The Hall–Kier alpha value is -0.570. The van der Waals surface area contributed by atoms with Gasteiger partial charge in [-0.2, -0.15) is 0 Å². The predicted octanol–water partition coefficient (Wildman–Crippen LogP) is 2.74. The highest BCUT2D eigenvalue weighted by atomic mass is 16.6. The van der Waals surface area contributed by atoms with Crippen LogP contribution in [0.3, 0.4) is 0 Å². The lowest BCUT2D eigenvalue weighted by atomic mass is 10.1. The number of ether oxygens (including phenoxy) is 1. The molecule has 96 valence electrons. The Balaban J connectivity index is 3.79. The van der Waals surface area contributed by atoms with Gasteiger partial charge in [0.05, 0.1) is 6.42 Å². The molecule has 0 spiro atoms. The SMILES string of the molecule is CCC(C)CNC(C)CC(=O)OC(C)(C)C. The summed E-state index contributed by atoms with van der Waals surface area (Å²) in [6, 6.07) is 0.184. The average Bonchev–Trinajstić information content (AvgIpc) is 2.10. The van der Waals surface area contributed by atoms with E-state index in [1.165, 1.54) is 0 Å². The van der Waals surface area contributed by atoms with E-state index in [0.717, 1.165) is 13.0 Å². The van der Waals surface area contributed by atoms with Crippen LogP contribution >= 0.6 is 0 Å². The van der Waals surface area contributed by atoms with Crippen molar-refractivity contribution in [2.45, 2.75) is 66.0 Å². The van der Waals surface area contributed by atoms with Crippen LogP contribution in [-0.4, -0.2) is 24.2 Å². The van der Waals surface area contributed by atoms with E-state index < -0.39 is 0 Å². The van der Waals surface area contributed by atoms with Crippen LogP contribution in [0.2, 0.25) is 0 Å². The van der Waals surface area contributed by atoms with Crippen molar-refractivity contribution in [3.63, 3.8) is 0 Å². The predicted molar refractivity (Wildman–Crippen MR) is 67.4 cm³/mol. The second kappa shape index (κ2) is 6.89. The second-order valence-corrected chi connectivity index (χ2v) is 5.61. The smallest absolute Gasteiger partial charge is 0.307 e. The van der Waals surface area contributed by atoms with Crippen LogP contribution in [0.25, 0.3) is 0 Å². The molecule has 3 heteroatoms. The fourth-order valence-corrected chi connectivity index (χ4v) is 1.25. The van der Waals surface area contributed by atoms with Crippen molar-refractivity contribution in [3.8, 4) is 0 Å². The molecular formula is C13H27NO2. The molecule has 0 heterocycles. The van der Waals surface area contributed by atoms with Gasteiger partial charge in [0, 0.05) is 6.04 Å². The minimum atomic E-state index is -0.381. The molecule has 0 rings (SSSR count). The van der Waals surface area contributed by atoms with Gasteiger partial charge in [0.1, 0.15) is 5.60 Å². The zero-order chi connectivity index (χ0) is 12.8. The molecule has 2 unspecified atom stereocenters. The summed E-state index contributed by atoms with van der Waals surface area (Å²) in [5, 5.41) is 3.35. The molecule has 3 nitrogen and oxygen atoms in total. The second-order valence-electron chi connectivity index (χ2n) is 5.61. The molecule has 0 aliphatic rings. The van der Waals surface area contributed by atoms with Gasteiger partial charge in [0.25, 0.3) is 0 Å². The summed E-state index contributed by atoms with van der Waals surface area (Å²) in [5.41, 5.74) is -0.381. The summed E-state index contributed by atoms with van der Waals surface area (Å²) < 4.78 is 5.26. The molecule has 0 aromatic heterocycles. The van der Waals surface area contributed by atoms with Crippen molar-refractivity contribution in [3.05, 3.63) is 0 Å². The molecule has 0 bridgehead atoms. The number of carbonyl (C=O) groups is 1. The lowest BCUT2D eigenvalue weighted by Crippen LogP contribution is -2.34. The minimum absolute atomic E-state index is 0.128. The monoisotopic (exact) mass is 229 g/mol. The summed E-state index contributed by atoms with van der Waals surface area (Å²) in [5.74, 6) is 0.526. The van der Waals surface area contributed by atoms with E-state index in [4.69, 9.17) is 4.74 Å². The molecule has 0 aromatic carbocycles. The third-order valence-corrected chi connectivity index (χ3v) is 2.40. The van der Waals surface area contributed by atoms with Crippen molar-refractivity contribution in [1.82, 2.24) is 5.32 Å². The Bertz CT molecular complexity index is 208. The van der Waals surface area contributed by atoms with Gasteiger partial charge in [0.2, 0.25) is 0 Å². The van der Waals surface area contributed by atoms with Crippen molar-refractivity contribution in [2.24, 2.45) is 5.92 Å². The first-order chi connectivity index (χ1) is 7.24. The largest absolute Gasteiger partial charge is 0.460 e. The number of carbonyl (C=O) groups excluding carboxylic acids is 1. The van der Waals surface area contributed by atoms with Crippen LogP contribution in [0.5, 0.6) is 0 Å². The molecular weight excluding hydrogens is 202 g/mol. The Kier molecular flexibility index (Phi) is 6.65. The van der Waals surface area contributed by atoms with E-state index in [0.29, 0.717) is 12.3 Å². The number of esters is 1. The van der Waals surface area contributed by atoms with Crippen LogP contribution in [0.4, 0.5) is 0 Å². The molecule has 0 saturated carbocycles. The minimum Gasteiger partial charge on any atom is -0.460 e. The van der Waals surface area contributed by atoms with Crippen molar-refractivity contribution < 1.29 is 9.53 Å². The molecule has 0 saturated heterocycles. The molecule has 16 heavy (non-hydrogen) atoms. The highest BCUT2D eigenvalue weighted by Gasteiger charge is 2.18. The third-order valence-electron chi connectivity index (χ3n) is 2.40. The molecule has 0 fully saturated rings. The quantitative estimate of drug-likeness (QED) is 0.712. The maximum absolute atomic E-state index is 11.5. The molecule has 0 amide bonds. The Morgan fingerprint density at radius 2 is 1.88 bits per heavy atom. The van der Waals surface area contributed by atoms with Gasteiger partial charge in [-0.15, -0.1) is 0 Å². The van der Waals surface area contributed by atoms with E-state index in [1.807, 2.05) is 27.7 Å². The first kappa shape index (κ1) is 15.4. The van der Waals surface area contributed by atoms with Crippen LogP contribution in [0, 0.1) is 5.92 Å². The summed E-state index contributed by atoms with van der Waals surface area (Å²) >= 11 is 0. The van der Waals surface area contributed by atoms with Crippen LogP contribution in [0.1, 0.15) is 54.4 Å². The van der Waals surface area contributed by atoms with Crippen molar-refractivity contribution in [2.75, 3.05) is 6.54 Å². The van der Waals surface area contributed by atoms with E-state index in [2.05, 4.69) is 19.2 Å². The van der Waals surface area contributed by atoms with Gasteiger partial charge in [-0.25, -0.2) is 0 Å². The number of hydrogen-bond acceptors (Lipinski definition) is 3. The van der Waals surface area contributed by atoms with Crippen LogP contribution in [0.15, 0.2) is 0 Å². The van der Waals surface area contributed by atoms with E-state index in [1.54, 1.807) is 0 Å². The number of rotatable bonds is 6. The maximum Gasteiger partial charge on any atom is 0.307 e. The van der Waals surface area contributed by atoms with Crippen LogP contribution in [-0.2, 0) is 9.53 Å². The maximum atomic E-state index is 11.5. The topological polar surface area (TPSA) is 38.3 Å². The molecule has 2 atom stereocenters. The summed E-state index contributed by atoms with van der Waals surface area (Å²) in [6.45, 7) is 13.0. The summed E-state index contributed by atoms with van der Waals surface area (Å²) in [4.78, 5) is 11.5. The van der Waals surface area contributed by atoms with Gasteiger partial charge < -0.3 is 10.1 Å². The fraction of sp³-hybridized carbons (Fsp3) is 0.923. The molecule has 0 aromatic rings. The van der Waals surface area contributed by atoms with Gasteiger partial charge in [-0.3, -0.25) is 4.79 Å². The van der Waals surface area contributed by atoms with Gasteiger partial charge in [-0.1, -0.05) is 20.3 Å². The highest BCUT2D eigenvalue weighted by molar-refractivity contribution is 5.70. The number of nitrogens with one attached hydrogen (secondary N) is 1. The normalized spacial score (nSPS) is 15.6. The molecule has 0 aliphatic carbocycles. The first-order valence-electron chi connectivity index (χ1n) is 6.19. The van der Waals surface area contributed by atoms with Crippen LogP contribution < -0.4 is 5.32 Å². The molecule has 0 radical (unpaired) electrons. The van der Waals surface area contributed by atoms with Gasteiger partial charge >= 0.3 is 5.97 Å². The Morgan fingerprint density at radius 3 is 2.31 bits per heavy atom. The first-order valence-corrected chi connectivity index (χ1v) is 6.19. The average molecular weight is 229 g/mol. The lowest BCUT2D eigenvalue weighted by Gasteiger charge is -2.22. The lowest BCUT2D eigenvalue weighted by molar-refractivity contribution is -0.155. The zero-order valence-electron chi connectivity index (χ0n) is 11.6. The van der Waals surface area contributed by atoms with Gasteiger partial charge in [-0.05, 0) is 40.2 Å². The highest BCUT2D eigenvalue weighted by Crippen LogP contribution is 2.09. The van der Waals surface area contributed by atoms with Crippen molar-refractivity contribution in [1.29, 1.82) is 0 Å². The molecule has 0 aliphatic heterocycles. The van der Waals surface area contributed by atoms with E-state index >= 15 is 0 Å². The Morgan fingerprint density at radius 1 is 1.31 bits per heavy atom. The van der Waals surface area contributed by atoms with Crippen molar-refractivity contribution >= 4 is 5.97 Å². The fourth-order valence-electron chi connectivity index (χ4n) is 1.25. The van der Waals surface area contributed by atoms with E-state index in [-0.39, 0.29) is 17.6 Å². The van der Waals surface area contributed by atoms with Gasteiger partial charge in [0.15, 0.2) is 0 Å². The zero-order valence-corrected chi connectivity index (χ0v) is 11.6. The summed E-state index contributed by atoms with van der Waals surface area (Å²) in [6.07, 6.45) is 1.60. The standard InChI is InChI=1S/C13H27NO2/c1-7-10(2)9-14-11(3)8-12(15)16-13(4,5)6/h10-11,14H,7-9H2,1-6H3. The summed E-state index contributed by atoms with van der Waals surface area (Å²) in [7, 11) is 0. The Labute approximate surface area is 99.9 Å². The third kappa shape index (κ3) is 8.72. The van der Waals surface area contributed by atoms with E-state index in [9.17, 15) is 4.79 Å². The number of hydrogen-bond donors (Lipinski definition) is 1.